The number of nitrogens with one attached hydrogen (secondary N) is 1. The molecule has 0 radical (unpaired) electrons. The fraction of sp³-hybridized carbons (Fsp3) is 0.174. The maximum absolute atomic E-state index is 5.94. The van der Waals surface area contributed by atoms with Crippen molar-refractivity contribution in [2.24, 2.45) is 0 Å². The van der Waals surface area contributed by atoms with E-state index in [1.165, 1.54) is 0 Å². The van der Waals surface area contributed by atoms with E-state index >= 15 is 0 Å². The lowest BCUT2D eigenvalue weighted by Crippen LogP contribution is -2.04. The number of anilines is 3. The van der Waals surface area contributed by atoms with Crippen molar-refractivity contribution < 1.29 is 9.47 Å². The predicted molar refractivity (Wildman–Crippen MR) is 119 cm³/mol. The van der Waals surface area contributed by atoms with E-state index in [0.717, 1.165) is 28.1 Å². The second-order valence-electron chi connectivity index (χ2n) is 7.01. The lowest BCUT2D eigenvalue weighted by Gasteiger charge is -2.13. The molecule has 0 bridgehead atoms. The number of hydrogen-bond acceptors (Lipinski definition) is 7. The predicted octanol–water partition coefficient (Wildman–Crippen LogP) is 4.65. The minimum absolute atomic E-state index is 0.191. The van der Waals surface area contributed by atoms with E-state index in [2.05, 4.69) is 33.5 Å². The van der Waals surface area contributed by atoms with Gasteiger partial charge in [0.05, 0.1) is 25.4 Å². The lowest BCUT2D eigenvalue weighted by molar-refractivity contribution is 0.355. The molecular weight excluding hydrogens is 378 g/mol. The van der Waals surface area contributed by atoms with E-state index < -0.39 is 0 Å². The van der Waals surface area contributed by atoms with Gasteiger partial charge >= 0.3 is 0 Å². The van der Waals surface area contributed by atoms with Crippen LogP contribution >= 0.6 is 0 Å². The number of aromatic nitrogens is 3. The van der Waals surface area contributed by atoms with Crippen molar-refractivity contribution in [2.75, 3.05) is 25.3 Å². The van der Waals surface area contributed by atoms with Gasteiger partial charge in [-0.15, -0.1) is 0 Å². The van der Waals surface area contributed by atoms with Gasteiger partial charge in [-0.05, 0) is 61.4 Å². The van der Waals surface area contributed by atoms with Gasteiger partial charge in [-0.1, -0.05) is 12.1 Å². The molecule has 0 saturated heterocycles. The molecule has 0 spiro atoms. The number of aryl methyl sites for hydroxylation is 2. The van der Waals surface area contributed by atoms with Crippen LogP contribution in [-0.2, 0) is 0 Å². The monoisotopic (exact) mass is 401 g/mol. The Labute approximate surface area is 174 Å². The molecule has 0 unspecified atom stereocenters. The largest absolute Gasteiger partial charge is 0.493 e. The van der Waals surface area contributed by atoms with Crippen LogP contribution in [0.2, 0.25) is 0 Å². The number of fused-ring (bicyclic) bond motifs is 1. The third-order valence-corrected chi connectivity index (χ3v) is 4.89. The molecule has 0 saturated carbocycles. The highest BCUT2D eigenvalue weighted by atomic mass is 16.5. The summed E-state index contributed by atoms with van der Waals surface area (Å²) in [6.07, 6.45) is 0. The summed E-state index contributed by atoms with van der Waals surface area (Å²) < 4.78 is 10.7. The number of rotatable bonds is 5. The highest BCUT2D eigenvalue weighted by molar-refractivity contribution is 5.90. The first-order valence-corrected chi connectivity index (χ1v) is 9.49. The van der Waals surface area contributed by atoms with Gasteiger partial charge in [-0.25, -0.2) is 9.97 Å². The smallest absolute Gasteiger partial charge is 0.222 e. The average Bonchev–Trinajstić information content (AvgIpc) is 2.75. The fourth-order valence-corrected chi connectivity index (χ4v) is 3.27. The summed E-state index contributed by atoms with van der Waals surface area (Å²) in [7, 11) is 3.22. The van der Waals surface area contributed by atoms with Crippen molar-refractivity contribution in [3.8, 4) is 22.8 Å². The minimum Gasteiger partial charge on any atom is -0.493 e. The Morgan fingerprint density at radius 2 is 1.63 bits per heavy atom. The third kappa shape index (κ3) is 3.69. The molecule has 2 aromatic heterocycles. The van der Waals surface area contributed by atoms with Gasteiger partial charge in [0.1, 0.15) is 5.52 Å². The molecule has 0 aliphatic carbocycles. The Morgan fingerprint density at radius 1 is 0.833 bits per heavy atom. The Kier molecular flexibility index (Phi) is 5.10. The number of ether oxygens (including phenoxy) is 2. The molecule has 3 N–H and O–H groups in total. The van der Waals surface area contributed by atoms with Crippen molar-refractivity contribution in [3.05, 3.63) is 59.7 Å². The van der Waals surface area contributed by atoms with Gasteiger partial charge in [0.25, 0.3) is 0 Å². The maximum Gasteiger partial charge on any atom is 0.222 e. The summed E-state index contributed by atoms with van der Waals surface area (Å²) in [6.45, 7) is 4.08. The van der Waals surface area contributed by atoms with Crippen LogP contribution < -0.4 is 20.5 Å². The van der Waals surface area contributed by atoms with Crippen LogP contribution in [0.25, 0.3) is 22.3 Å². The fourth-order valence-electron chi connectivity index (χ4n) is 3.27. The third-order valence-electron chi connectivity index (χ3n) is 4.89. The molecule has 2 aromatic carbocycles. The Balaban J connectivity index is 1.83. The highest BCUT2D eigenvalue weighted by Gasteiger charge is 2.13. The summed E-state index contributed by atoms with van der Waals surface area (Å²) in [5.41, 5.74) is 12.1. The number of benzene rings is 2. The van der Waals surface area contributed by atoms with Crippen LogP contribution in [0.3, 0.4) is 0 Å². The van der Waals surface area contributed by atoms with Gasteiger partial charge in [-0.3, -0.25) is 0 Å². The zero-order chi connectivity index (χ0) is 21.3. The first kappa shape index (κ1) is 19.4. The van der Waals surface area contributed by atoms with Crippen molar-refractivity contribution in [1.82, 2.24) is 15.0 Å². The number of nitrogens with two attached hydrogens (primary N) is 1. The molecule has 152 valence electrons. The van der Waals surface area contributed by atoms with E-state index in [9.17, 15) is 0 Å². The van der Waals surface area contributed by atoms with Crippen molar-refractivity contribution >= 4 is 28.5 Å². The molecule has 0 aliphatic rings. The van der Waals surface area contributed by atoms with Crippen molar-refractivity contribution in [3.63, 3.8) is 0 Å². The normalized spacial score (nSPS) is 10.8. The van der Waals surface area contributed by atoms with Crippen LogP contribution in [0.15, 0.2) is 48.5 Å². The molecule has 7 heteroatoms. The lowest BCUT2D eigenvalue weighted by atomic mass is 10.1. The van der Waals surface area contributed by atoms with Gasteiger partial charge in [0, 0.05) is 11.3 Å². The number of methoxy groups -OCH3 is 2. The first-order valence-electron chi connectivity index (χ1n) is 9.49. The molecule has 2 heterocycles. The van der Waals surface area contributed by atoms with Crippen LogP contribution in [0.4, 0.5) is 17.5 Å². The molecule has 0 fully saturated rings. The average molecular weight is 401 g/mol. The summed E-state index contributed by atoms with van der Waals surface area (Å²) in [5.74, 6) is 2.05. The van der Waals surface area contributed by atoms with E-state index in [4.69, 9.17) is 20.2 Å². The summed E-state index contributed by atoms with van der Waals surface area (Å²) >= 11 is 0. The SMILES string of the molecule is COc1ccc(-c2ccc3nc(N)nc(Nc4cc(C)ccc4C)c3n2)cc1OC. The zero-order valence-electron chi connectivity index (χ0n) is 17.4. The topological polar surface area (TPSA) is 95.2 Å². The van der Waals surface area contributed by atoms with Crippen molar-refractivity contribution in [2.45, 2.75) is 13.8 Å². The van der Waals surface area contributed by atoms with E-state index in [-0.39, 0.29) is 5.95 Å². The number of nitrogen functional groups attached to an aromatic ring is 1. The standard InChI is InChI=1S/C23H23N5O2/c1-13-5-6-14(2)18(11-13)26-22-21-17(27-23(24)28-22)9-8-16(25-21)15-7-10-19(29-3)20(12-15)30-4/h5-12H,1-4H3,(H3,24,26,27,28). The van der Waals surface area contributed by atoms with Crippen molar-refractivity contribution in [1.29, 1.82) is 0 Å². The van der Waals surface area contributed by atoms with E-state index in [1.54, 1.807) is 14.2 Å². The molecule has 4 aromatic rings. The van der Waals surface area contributed by atoms with Gasteiger partial charge < -0.3 is 20.5 Å². The summed E-state index contributed by atoms with van der Waals surface area (Å²) in [5, 5.41) is 3.38. The van der Waals surface area contributed by atoms with E-state index in [1.807, 2.05) is 44.2 Å². The Bertz CT molecular complexity index is 1240. The quantitative estimate of drug-likeness (QED) is 0.502. The molecule has 0 aliphatic heterocycles. The Morgan fingerprint density at radius 3 is 2.40 bits per heavy atom. The molecule has 30 heavy (non-hydrogen) atoms. The number of nitrogens with zero attached hydrogens (tertiary/aromatic N) is 3. The van der Waals surface area contributed by atoms with Crippen LogP contribution in [0, 0.1) is 13.8 Å². The van der Waals surface area contributed by atoms with Crippen LogP contribution in [0.1, 0.15) is 11.1 Å². The van der Waals surface area contributed by atoms with Gasteiger partial charge in [-0.2, -0.15) is 4.98 Å². The van der Waals surface area contributed by atoms with E-state index in [0.29, 0.717) is 28.4 Å². The molecule has 0 amide bonds. The minimum atomic E-state index is 0.191. The highest BCUT2D eigenvalue weighted by Crippen LogP contribution is 2.33. The second-order valence-corrected chi connectivity index (χ2v) is 7.01. The van der Waals surface area contributed by atoms with Gasteiger partial charge in [0.15, 0.2) is 17.3 Å². The Hall–Kier alpha value is -3.87. The summed E-state index contributed by atoms with van der Waals surface area (Å²) in [6, 6.07) is 15.7. The molecule has 7 nitrogen and oxygen atoms in total. The first-order chi connectivity index (χ1) is 14.5. The van der Waals surface area contributed by atoms with Crippen LogP contribution in [0.5, 0.6) is 11.5 Å². The van der Waals surface area contributed by atoms with Gasteiger partial charge in [0.2, 0.25) is 5.95 Å². The molecule has 4 rings (SSSR count). The molecular formula is C23H23N5O2. The van der Waals surface area contributed by atoms with Crippen LogP contribution in [-0.4, -0.2) is 29.2 Å². The molecule has 0 atom stereocenters. The number of hydrogen-bond donors (Lipinski definition) is 2. The number of pyridine rings is 1. The maximum atomic E-state index is 5.94. The second kappa shape index (κ2) is 7.87. The summed E-state index contributed by atoms with van der Waals surface area (Å²) in [4.78, 5) is 13.6. The zero-order valence-corrected chi connectivity index (χ0v) is 17.4.